The summed E-state index contributed by atoms with van der Waals surface area (Å²) >= 11 is 0. The summed E-state index contributed by atoms with van der Waals surface area (Å²) in [6, 6.07) is 7.50. The van der Waals surface area contributed by atoms with Gasteiger partial charge in [-0.25, -0.2) is 4.98 Å². The lowest BCUT2D eigenvalue weighted by Crippen LogP contribution is -2.34. The van der Waals surface area contributed by atoms with Crippen LogP contribution < -0.4 is 10.6 Å². The summed E-state index contributed by atoms with van der Waals surface area (Å²) in [6.07, 6.45) is 5.89. The summed E-state index contributed by atoms with van der Waals surface area (Å²) in [5.74, 6) is 0.734. The van der Waals surface area contributed by atoms with Crippen molar-refractivity contribution in [2.24, 2.45) is 0 Å². The second-order valence-electron chi connectivity index (χ2n) is 5.19. The zero-order valence-corrected chi connectivity index (χ0v) is 12.3. The van der Waals surface area contributed by atoms with Gasteiger partial charge < -0.3 is 15.5 Å². The summed E-state index contributed by atoms with van der Waals surface area (Å²) in [7, 11) is 0. The van der Waals surface area contributed by atoms with Gasteiger partial charge in [-0.1, -0.05) is 6.07 Å². The molecule has 1 aromatic carbocycles. The fourth-order valence-corrected chi connectivity index (χ4v) is 2.47. The number of hydrogen-bond donors (Lipinski definition) is 2. The molecule has 1 aliphatic heterocycles. The van der Waals surface area contributed by atoms with Crippen LogP contribution in [0.15, 0.2) is 42.9 Å². The molecule has 0 aliphatic carbocycles. The van der Waals surface area contributed by atoms with Crippen molar-refractivity contribution in [2.45, 2.75) is 6.42 Å². The van der Waals surface area contributed by atoms with Gasteiger partial charge in [-0.05, 0) is 31.2 Å². The Balaban J connectivity index is 1.74. The van der Waals surface area contributed by atoms with Gasteiger partial charge >= 0.3 is 0 Å². The van der Waals surface area contributed by atoms with Crippen LogP contribution in [0.5, 0.6) is 0 Å². The maximum absolute atomic E-state index is 12.6. The molecule has 0 atom stereocenters. The number of nitrogens with one attached hydrogen (secondary N) is 2. The lowest BCUT2D eigenvalue weighted by Gasteiger charge is -2.20. The molecule has 1 aliphatic rings. The van der Waals surface area contributed by atoms with Crippen LogP contribution in [0.1, 0.15) is 16.8 Å². The summed E-state index contributed by atoms with van der Waals surface area (Å²) in [5.41, 5.74) is 1.52. The van der Waals surface area contributed by atoms with Crippen molar-refractivity contribution >= 4 is 17.4 Å². The van der Waals surface area contributed by atoms with E-state index >= 15 is 0 Å². The average Bonchev–Trinajstić information content (AvgIpc) is 2.85. The summed E-state index contributed by atoms with van der Waals surface area (Å²) in [5, 5.41) is 6.46. The number of carbonyl (C=O) groups excluding carboxylic acids is 1. The van der Waals surface area contributed by atoms with Gasteiger partial charge in [0.15, 0.2) is 0 Å². The van der Waals surface area contributed by atoms with Crippen LogP contribution in [0, 0.1) is 0 Å². The van der Waals surface area contributed by atoms with Crippen molar-refractivity contribution in [1.82, 2.24) is 20.2 Å². The summed E-state index contributed by atoms with van der Waals surface area (Å²) < 4.78 is 0. The van der Waals surface area contributed by atoms with E-state index in [9.17, 15) is 4.79 Å². The average molecular weight is 297 g/mol. The zero-order valence-electron chi connectivity index (χ0n) is 12.3. The second-order valence-corrected chi connectivity index (χ2v) is 5.19. The fourth-order valence-electron chi connectivity index (χ4n) is 2.47. The van der Waals surface area contributed by atoms with Crippen LogP contribution in [0.3, 0.4) is 0 Å². The number of nitrogens with zero attached hydrogens (tertiary/aromatic N) is 3. The SMILES string of the molecule is O=C(c1cccc(Nc2cnccn2)c1)N1CCCNCC1. The molecule has 1 fully saturated rings. The van der Waals surface area contributed by atoms with E-state index in [-0.39, 0.29) is 5.91 Å². The van der Waals surface area contributed by atoms with Gasteiger partial charge in [0.05, 0.1) is 6.20 Å². The minimum Gasteiger partial charge on any atom is -0.339 e. The van der Waals surface area contributed by atoms with E-state index in [4.69, 9.17) is 0 Å². The largest absolute Gasteiger partial charge is 0.339 e. The molecular weight excluding hydrogens is 278 g/mol. The maximum atomic E-state index is 12.6. The lowest BCUT2D eigenvalue weighted by molar-refractivity contribution is 0.0766. The summed E-state index contributed by atoms with van der Waals surface area (Å²) in [6.45, 7) is 3.37. The van der Waals surface area contributed by atoms with Crippen LogP contribution in [-0.4, -0.2) is 47.0 Å². The molecule has 22 heavy (non-hydrogen) atoms. The van der Waals surface area contributed by atoms with Crippen molar-refractivity contribution in [2.75, 3.05) is 31.5 Å². The number of benzene rings is 1. The first-order chi connectivity index (χ1) is 10.8. The molecule has 0 radical (unpaired) electrons. The van der Waals surface area contributed by atoms with E-state index in [1.165, 1.54) is 0 Å². The Morgan fingerprint density at radius 3 is 3.05 bits per heavy atom. The predicted molar refractivity (Wildman–Crippen MR) is 85.1 cm³/mol. The molecule has 2 N–H and O–H groups in total. The molecule has 1 saturated heterocycles. The molecular formula is C16H19N5O. The van der Waals surface area contributed by atoms with Crippen molar-refractivity contribution < 1.29 is 4.79 Å². The standard InChI is InChI=1S/C16H19N5O/c22-16(21-9-2-5-17-8-10-21)13-3-1-4-14(11-13)20-15-12-18-6-7-19-15/h1,3-4,6-7,11-12,17H,2,5,8-10H2,(H,19,20). The van der Waals surface area contributed by atoms with Crippen LogP contribution >= 0.6 is 0 Å². The Kier molecular flexibility index (Phi) is 4.60. The van der Waals surface area contributed by atoms with Crippen LogP contribution in [-0.2, 0) is 0 Å². The van der Waals surface area contributed by atoms with E-state index in [0.29, 0.717) is 11.4 Å². The zero-order chi connectivity index (χ0) is 15.2. The topological polar surface area (TPSA) is 70.2 Å². The number of rotatable bonds is 3. The van der Waals surface area contributed by atoms with E-state index in [0.717, 1.165) is 38.3 Å². The van der Waals surface area contributed by atoms with Gasteiger partial charge in [0, 0.05) is 43.3 Å². The van der Waals surface area contributed by atoms with E-state index in [2.05, 4.69) is 20.6 Å². The third kappa shape index (κ3) is 3.59. The second kappa shape index (κ2) is 7.00. The molecule has 1 amide bonds. The number of anilines is 2. The molecule has 2 aromatic rings. The van der Waals surface area contributed by atoms with E-state index in [1.807, 2.05) is 29.2 Å². The third-order valence-electron chi connectivity index (χ3n) is 3.57. The Morgan fingerprint density at radius 2 is 2.18 bits per heavy atom. The molecule has 0 saturated carbocycles. The molecule has 0 unspecified atom stereocenters. The Hall–Kier alpha value is -2.47. The van der Waals surface area contributed by atoms with Crippen LogP contribution in [0.25, 0.3) is 0 Å². The Morgan fingerprint density at radius 1 is 1.23 bits per heavy atom. The number of aromatic nitrogens is 2. The molecule has 2 heterocycles. The highest BCUT2D eigenvalue weighted by molar-refractivity contribution is 5.95. The van der Waals surface area contributed by atoms with Crippen molar-refractivity contribution in [3.63, 3.8) is 0 Å². The van der Waals surface area contributed by atoms with Gasteiger partial charge in [-0.3, -0.25) is 9.78 Å². The van der Waals surface area contributed by atoms with Crippen molar-refractivity contribution in [3.05, 3.63) is 48.4 Å². The highest BCUT2D eigenvalue weighted by Crippen LogP contribution is 2.16. The number of hydrogen-bond acceptors (Lipinski definition) is 5. The highest BCUT2D eigenvalue weighted by Gasteiger charge is 2.17. The molecule has 1 aromatic heterocycles. The minimum atomic E-state index is 0.0755. The van der Waals surface area contributed by atoms with E-state index in [1.54, 1.807) is 18.6 Å². The number of carbonyl (C=O) groups is 1. The molecule has 6 heteroatoms. The fraction of sp³-hybridized carbons (Fsp3) is 0.312. The van der Waals surface area contributed by atoms with E-state index < -0.39 is 0 Å². The van der Waals surface area contributed by atoms with Gasteiger partial charge in [0.2, 0.25) is 0 Å². The van der Waals surface area contributed by atoms with Gasteiger partial charge in [0.25, 0.3) is 5.91 Å². The highest BCUT2D eigenvalue weighted by atomic mass is 16.2. The van der Waals surface area contributed by atoms with Gasteiger partial charge in [0.1, 0.15) is 5.82 Å². The monoisotopic (exact) mass is 297 g/mol. The van der Waals surface area contributed by atoms with Crippen molar-refractivity contribution in [1.29, 1.82) is 0 Å². The number of amides is 1. The molecule has 6 nitrogen and oxygen atoms in total. The van der Waals surface area contributed by atoms with Crippen LogP contribution in [0.2, 0.25) is 0 Å². The molecule has 3 rings (SSSR count). The quantitative estimate of drug-likeness (QED) is 0.901. The predicted octanol–water partition coefficient (Wildman–Crippen LogP) is 1.66. The first kappa shape index (κ1) is 14.5. The maximum Gasteiger partial charge on any atom is 0.253 e. The molecule has 114 valence electrons. The lowest BCUT2D eigenvalue weighted by atomic mass is 10.1. The first-order valence-corrected chi connectivity index (χ1v) is 7.46. The Bertz CT molecular complexity index is 623. The third-order valence-corrected chi connectivity index (χ3v) is 3.57. The molecule has 0 spiro atoms. The minimum absolute atomic E-state index is 0.0755. The first-order valence-electron chi connectivity index (χ1n) is 7.46. The normalized spacial score (nSPS) is 15.2. The van der Waals surface area contributed by atoms with Crippen molar-refractivity contribution in [3.8, 4) is 0 Å². The Labute approximate surface area is 129 Å². The van der Waals surface area contributed by atoms with Gasteiger partial charge in [-0.15, -0.1) is 0 Å². The summed E-state index contributed by atoms with van der Waals surface area (Å²) in [4.78, 5) is 22.7. The van der Waals surface area contributed by atoms with Gasteiger partial charge in [-0.2, -0.15) is 0 Å². The smallest absolute Gasteiger partial charge is 0.253 e. The van der Waals surface area contributed by atoms with Crippen LogP contribution in [0.4, 0.5) is 11.5 Å². The molecule has 0 bridgehead atoms.